The van der Waals surface area contributed by atoms with Gasteiger partial charge < -0.3 is 14.6 Å². The van der Waals surface area contributed by atoms with E-state index in [1.807, 2.05) is 62.4 Å². The molecule has 0 unspecified atom stereocenters. The molecule has 2 amide bonds. The third kappa shape index (κ3) is 4.60. The highest BCUT2D eigenvalue weighted by atomic mass is 16.3. The molecule has 28 heavy (non-hydrogen) atoms. The Morgan fingerprint density at radius 2 is 1.79 bits per heavy atom. The molecule has 146 valence electrons. The van der Waals surface area contributed by atoms with Gasteiger partial charge in [0.2, 0.25) is 11.8 Å². The predicted octanol–water partition coefficient (Wildman–Crippen LogP) is 3.77. The number of amides is 2. The van der Waals surface area contributed by atoms with Gasteiger partial charge in [0.25, 0.3) is 0 Å². The summed E-state index contributed by atoms with van der Waals surface area (Å²) in [5.74, 6) is 0.399. The number of rotatable bonds is 7. The Morgan fingerprint density at radius 1 is 1.04 bits per heavy atom. The summed E-state index contributed by atoms with van der Waals surface area (Å²) in [5, 5.41) is 5.09. The number of carbonyl (C=O) groups is 2. The quantitative estimate of drug-likeness (QED) is 0.681. The molecule has 2 aromatic carbocycles. The molecular formula is C23H26N2O3. The van der Waals surface area contributed by atoms with E-state index in [4.69, 9.17) is 4.42 Å². The molecule has 0 aliphatic carbocycles. The van der Waals surface area contributed by atoms with Crippen LogP contribution in [0.3, 0.4) is 0 Å². The van der Waals surface area contributed by atoms with Gasteiger partial charge >= 0.3 is 0 Å². The number of nitrogens with zero attached hydrogens (tertiary/aromatic N) is 1. The van der Waals surface area contributed by atoms with Crippen LogP contribution in [-0.2, 0) is 22.6 Å². The lowest BCUT2D eigenvalue weighted by atomic mass is 10.00. The summed E-state index contributed by atoms with van der Waals surface area (Å²) in [6.45, 7) is 4.23. The van der Waals surface area contributed by atoms with Gasteiger partial charge in [-0.05, 0) is 34.4 Å². The van der Waals surface area contributed by atoms with Crippen LogP contribution in [0.2, 0.25) is 0 Å². The van der Waals surface area contributed by atoms with E-state index in [2.05, 4.69) is 5.32 Å². The lowest BCUT2D eigenvalue weighted by Crippen LogP contribution is -2.50. The smallest absolute Gasteiger partial charge is 0.245 e. The Morgan fingerprint density at radius 3 is 2.50 bits per heavy atom. The van der Waals surface area contributed by atoms with Gasteiger partial charge in [-0.2, -0.15) is 0 Å². The second-order valence-corrected chi connectivity index (χ2v) is 7.38. The van der Waals surface area contributed by atoms with Crippen molar-refractivity contribution in [3.63, 3.8) is 0 Å². The molecule has 0 fully saturated rings. The summed E-state index contributed by atoms with van der Waals surface area (Å²) in [4.78, 5) is 27.2. The van der Waals surface area contributed by atoms with Crippen molar-refractivity contribution in [2.24, 2.45) is 5.92 Å². The minimum Gasteiger partial charge on any atom is -0.467 e. The number of hydrogen-bond acceptors (Lipinski definition) is 3. The Labute approximate surface area is 165 Å². The molecule has 0 spiro atoms. The van der Waals surface area contributed by atoms with Gasteiger partial charge in [0.15, 0.2) is 0 Å². The van der Waals surface area contributed by atoms with E-state index in [0.717, 1.165) is 16.3 Å². The molecular weight excluding hydrogens is 352 g/mol. The van der Waals surface area contributed by atoms with Crippen LogP contribution in [0.5, 0.6) is 0 Å². The molecule has 5 heteroatoms. The Bertz CT molecular complexity index is 942. The summed E-state index contributed by atoms with van der Waals surface area (Å²) >= 11 is 0. The second-order valence-electron chi connectivity index (χ2n) is 7.38. The Balaban J connectivity index is 1.69. The van der Waals surface area contributed by atoms with Crippen LogP contribution in [0.4, 0.5) is 0 Å². The first-order valence-corrected chi connectivity index (χ1v) is 9.49. The van der Waals surface area contributed by atoms with Crippen molar-refractivity contribution < 1.29 is 14.0 Å². The summed E-state index contributed by atoms with van der Waals surface area (Å²) in [6, 6.07) is 17.0. The van der Waals surface area contributed by atoms with Crippen molar-refractivity contribution in [1.29, 1.82) is 0 Å². The molecule has 0 aliphatic heterocycles. The molecule has 5 nitrogen and oxygen atoms in total. The Kier molecular flexibility index (Phi) is 6.14. The summed E-state index contributed by atoms with van der Waals surface area (Å²) in [7, 11) is 1.72. The third-order valence-corrected chi connectivity index (χ3v) is 4.83. The van der Waals surface area contributed by atoms with E-state index >= 15 is 0 Å². The van der Waals surface area contributed by atoms with Crippen molar-refractivity contribution in [3.05, 3.63) is 72.2 Å². The van der Waals surface area contributed by atoms with Crippen molar-refractivity contribution >= 4 is 22.6 Å². The molecule has 1 N–H and O–H groups in total. The summed E-state index contributed by atoms with van der Waals surface area (Å²) < 4.78 is 5.31. The van der Waals surface area contributed by atoms with Gasteiger partial charge in [0, 0.05) is 7.05 Å². The Hall–Kier alpha value is -3.08. The average molecular weight is 378 g/mol. The molecule has 0 radical (unpaired) electrons. The molecule has 0 bridgehead atoms. The third-order valence-electron chi connectivity index (χ3n) is 4.83. The van der Waals surface area contributed by atoms with E-state index in [0.29, 0.717) is 12.3 Å². The lowest BCUT2D eigenvalue weighted by Gasteiger charge is -2.26. The molecule has 3 rings (SSSR count). The summed E-state index contributed by atoms with van der Waals surface area (Å²) in [6.07, 6.45) is 1.82. The predicted molar refractivity (Wildman–Crippen MR) is 110 cm³/mol. The largest absolute Gasteiger partial charge is 0.467 e. The molecule has 1 aromatic heterocycles. The van der Waals surface area contributed by atoms with E-state index in [1.165, 1.54) is 0 Å². The number of furan rings is 1. The van der Waals surface area contributed by atoms with Crippen molar-refractivity contribution in [3.8, 4) is 0 Å². The topological polar surface area (TPSA) is 62.6 Å². The molecule has 1 atom stereocenters. The van der Waals surface area contributed by atoms with E-state index < -0.39 is 6.04 Å². The number of fused-ring (bicyclic) bond motifs is 1. The molecule has 0 aliphatic rings. The van der Waals surface area contributed by atoms with Gasteiger partial charge in [0.1, 0.15) is 11.8 Å². The fraction of sp³-hybridized carbons (Fsp3) is 0.304. The first kappa shape index (κ1) is 19.7. The van der Waals surface area contributed by atoms with Crippen LogP contribution in [-0.4, -0.2) is 29.8 Å². The van der Waals surface area contributed by atoms with Crippen molar-refractivity contribution in [1.82, 2.24) is 10.2 Å². The zero-order valence-corrected chi connectivity index (χ0v) is 16.5. The minimum absolute atomic E-state index is 0.0250. The summed E-state index contributed by atoms with van der Waals surface area (Å²) in [5.41, 5.74) is 0.953. The standard InChI is InChI=1S/C23H26N2O3/c1-16(2)22(23(27)25(3)15-19-11-7-13-28-19)24-21(26)14-18-10-6-9-17-8-4-5-12-20(17)18/h4-13,16,22H,14-15H2,1-3H3,(H,24,26)/t22-/m1/s1. The SMILES string of the molecule is CC(C)[C@@H](NC(=O)Cc1cccc2ccccc12)C(=O)N(C)Cc1ccco1. The zero-order valence-electron chi connectivity index (χ0n) is 16.5. The van der Waals surface area contributed by atoms with Crippen LogP contribution < -0.4 is 5.32 Å². The monoisotopic (exact) mass is 378 g/mol. The minimum atomic E-state index is -0.581. The molecule has 0 saturated heterocycles. The highest BCUT2D eigenvalue weighted by Crippen LogP contribution is 2.19. The fourth-order valence-electron chi connectivity index (χ4n) is 3.31. The van der Waals surface area contributed by atoms with E-state index in [-0.39, 0.29) is 24.2 Å². The second kappa shape index (κ2) is 8.74. The number of likely N-dealkylation sites (N-methyl/N-ethyl adjacent to an activating group) is 1. The van der Waals surface area contributed by atoms with Crippen LogP contribution in [0.25, 0.3) is 10.8 Å². The van der Waals surface area contributed by atoms with Crippen LogP contribution in [0.1, 0.15) is 25.2 Å². The van der Waals surface area contributed by atoms with Gasteiger partial charge in [-0.3, -0.25) is 9.59 Å². The highest BCUT2D eigenvalue weighted by molar-refractivity contribution is 5.92. The van der Waals surface area contributed by atoms with Gasteiger partial charge in [-0.1, -0.05) is 56.3 Å². The van der Waals surface area contributed by atoms with Gasteiger partial charge in [-0.15, -0.1) is 0 Å². The highest BCUT2D eigenvalue weighted by Gasteiger charge is 2.27. The van der Waals surface area contributed by atoms with E-state index in [9.17, 15) is 9.59 Å². The number of carbonyl (C=O) groups excluding carboxylic acids is 2. The normalized spacial score (nSPS) is 12.1. The van der Waals surface area contributed by atoms with E-state index in [1.54, 1.807) is 24.3 Å². The number of benzene rings is 2. The van der Waals surface area contributed by atoms with Crippen molar-refractivity contribution in [2.45, 2.75) is 32.9 Å². The van der Waals surface area contributed by atoms with Crippen LogP contribution in [0, 0.1) is 5.92 Å². The fourth-order valence-corrected chi connectivity index (χ4v) is 3.31. The van der Waals surface area contributed by atoms with Gasteiger partial charge in [-0.25, -0.2) is 0 Å². The first-order valence-electron chi connectivity index (χ1n) is 9.49. The maximum atomic E-state index is 12.9. The van der Waals surface area contributed by atoms with Crippen molar-refractivity contribution in [2.75, 3.05) is 7.05 Å². The van der Waals surface area contributed by atoms with Gasteiger partial charge in [0.05, 0.1) is 19.2 Å². The molecule has 1 heterocycles. The molecule has 3 aromatic rings. The average Bonchev–Trinajstić information content (AvgIpc) is 3.18. The number of nitrogens with one attached hydrogen (secondary N) is 1. The lowest BCUT2D eigenvalue weighted by molar-refractivity contribution is -0.137. The number of hydrogen-bond donors (Lipinski definition) is 1. The molecule has 0 saturated carbocycles. The maximum Gasteiger partial charge on any atom is 0.245 e. The zero-order chi connectivity index (χ0) is 20.1. The first-order chi connectivity index (χ1) is 13.5. The van der Waals surface area contributed by atoms with Crippen LogP contribution in [0.15, 0.2) is 65.3 Å². The van der Waals surface area contributed by atoms with Crippen LogP contribution >= 0.6 is 0 Å². The maximum absolute atomic E-state index is 12.9.